The zero-order chi connectivity index (χ0) is 13.3. The molecule has 5 nitrogen and oxygen atoms in total. The van der Waals surface area contributed by atoms with Crippen LogP contribution < -0.4 is 0 Å². The predicted octanol–water partition coefficient (Wildman–Crippen LogP) is 0.951. The lowest BCUT2D eigenvalue weighted by Crippen LogP contribution is -2.40. The fraction of sp³-hybridized carbons (Fsp3) is 0.333. The molecule has 0 spiro atoms. The van der Waals surface area contributed by atoms with Gasteiger partial charge in [-0.05, 0) is 46.9 Å². The highest BCUT2D eigenvalue weighted by Crippen LogP contribution is 2.21. The Kier molecular flexibility index (Phi) is 3.86. The van der Waals surface area contributed by atoms with Crippen LogP contribution in [0.1, 0.15) is 16.8 Å². The molecule has 0 bridgehead atoms. The van der Waals surface area contributed by atoms with Gasteiger partial charge < -0.3 is 15.1 Å². The number of rotatable bonds is 2. The van der Waals surface area contributed by atoms with Crippen molar-refractivity contribution in [1.29, 1.82) is 0 Å². The van der Waals surface area contributed by atoms with E-state index in [9.17, 15) is 14.7 Å². The van der Waals surface area contributed by atoms with E-state index in [1.54, 1.807) is 24.3 Å². The van der Waals surface area contributed by atoms with Crippen molar-refractivity contribution in [2.45, 2.75) is 18.6 Å². The Morgan fingerprint density at radius 1 is 1.28 bits per heavy atom. The average Bonchev–Trinajstić information content (AvgIpc) is 2.71. The lowest BCUT2D eigenvalue weighted by atomic mass is 10.1. The fourth-order valence-electron chi connectivity index (χ4n) is 2.03. The van der Waals surface area contributed by atoms with E-state index in [0.717, 1.165) is 3.57 Å². The van der Waals surface area contributed by atoms with Crippen LogP contribution in [0.3, 0.4) is 0 Å². The van der Waals surface area contributed by atoms with Gasteiger partial charge in [0.2, 0.25) is 0 Å². The number of carbonyl (C=O) groups is 2. The fourth-order valence-corrected chi connectivity index (χ4v) is 2.39. The van der Waals surface area contributed by atoms with Crippen molar-refractivity contribution in [2.24, 2.45) is 0 Å². The lowest BCUT2D eigenvalue weighted by Gasteiger charge is -2.21. The Morgan fingerprint density at radius 2 is 1.89 bits per heavy atom. The van der Waals surface area contributed by atoms with Crippen LogP contribution in [0.4, 0.5) is 0 Å². The highest BCUT2D eigenvalue weighted by Gasteiger charge is 2.39. The molecular weight excluding hydrogens is 349 g/mol. The Labute approximate surface area is 118 Å². The van der Waals surface area contributed by atoms with Gasteiger partial charge in [0.1, 0.15) is 6.04 Å². The van der Waals surface area contributed by atoms with E-state index in [1.165, 1.54) is 4.90 Å². The van der Waals surface area contributed by atoms with Crippen LogP contribution >= 0.6 is 22.6 Å². The molecule has 1 fully saturated rings. The number of aliphatic carboxylic acids is 1. The van der Waals surface area contributed by atoms with E-state index in [4.69, 9.17) is 5.11 Å². The third kappa shape index (κ3) is 2.64. The Balaban J connectivity index is 2.22. The molecule has 1 aliphatic rings. The molecule has 1 heterocycles. The summed E-state index contributed by atoms with van der Waals surface area (Å²) < 4.78 is 1.00. The number of aliphatic hydroxyl groups is 1. The van der Waals surface area contributed by atoms with Crippen LogP contribution in [-0.2, 0) is 4.79 Å². The summed E-state index contributed by atoms with van der Waals surface area (Å²) in [6.07, 6.45) is -0.676. The zero-order valence-electron chi connectivity index (χ0n) is 9.41. The van der Waals surface area contributed by atoms with Crippen LogP contribution in [0, 0.1) is 3.57 Å². The third-order valence-electron chi connectivity index (χ3n) is 2.92. The molecule has 0 unspecified atom stereocenters. The molecule has 1 amide bonds. The molecule has 1 aliphatic heterocycles. The van der Waals surface area contributed by atoms with Gasteiger partial charge in [-0.25, -0.2) is 4.79 Å². The number of halogens is 1. The standard InChI is InChI=1S/C12H12INO4/c13-8-3-1-7(2-4-8)11(16)14-6-9(15)5-10(14)12(17)18/h1-4,9-10,15H,5-6H2,(H,17,18)/t9-,10-/m1/s1. The Morgan fingerprint density at radius 3 is 2.44 bits per heavy atom. The lowest BCUT2D eigenvalue weighted by molar-refractivity contribution is -0.141. The predicted molar refractivity (Wildman–Crippen MR) is 72.2 cm³/mol. The first kappa shape index (κ1) is 13.3. The first-order chi connectivity index (χ1) is 8.49. The summed E-state index contributed by atoms with van der Waals surface area (Å²) in [5.41, 5.74) is 0.441. The largest absolute Gasteiger partial charge is 0.480 e. The van der Waals surface area contributed by atoms with Crippen LogP contribution in [-0.4, -0.2) is 45.7 Å². The molecule has 18 heavy (non-hydrogen) atoms. The van der Waals surface area contributed by atoms with Gasteiger partial charge in [0.15, 0.2) is 0 Å². The number of β-amino-alcohol motifs (C(OH)–C–C–N with tert-alkyl or cyclic N) is 1. The number of aliphatic hydroxyl groups excluding tert-OH is 1. The molecule has 0 radical (unpaired) electrons. The van der Waals surface area contributed by atoms with E-state index < -0.39 is 18.1 Å². The summed E-state index contributed by atoms with van der Waals surface area (Å²) in [6.45, 7) is 0.0712. The van der Waals surface area contributed by atoms with E-state index >= 15 is 0 Å². The first-order valence-electron chi connectivity index (χ1n) is 5.46. The van der Waals surface area contributed by atoms with Crippen LogP contribution in [0.15, 0.2) is 24.3 Å². The summed E-state index contributed by atoms with van der Waals surface area (Å²) in [5.74, 6) is -1.43. The van der Waals surface area contributed by atoms with Gasteiger partial charge in [-0.1, -0.05) is 0 Å². The normalized spacial score (nSPS) is 23.1. The maximum Gasteiger partial charge on any atom is 0.326 e. The van der Waals surface area contributed by atoms with Gasteiger partial charge in [0.05, 0.1) is 6.10 Å². The van der Waals surface area contributed by atoms with Crippen LogP contribution in [0.2, 0.25) is 0 Å². The molecule has 1 aromatic rings. The minimum atomic E-state index is -1.08. The van der Waals surface area contributed by atoms with Crippen molar-refractivity contribution >= 4 is 34.5 Å². The van der Waals surface area contributed by atoms with E-state index in [1.807, 2.05) is 0 Å². The molecule has 2 N–H and O–H groups in total. The number of carboxylic acid groups (broad SMARTS) is 1. The molecule has 0 aromatic heterocycles. The Hall–Kier alpha value is -1.15. The molecule has 1 saturated heterocycles. The highest BCUT2D eigenvalue weighted by atomic mass is 127. The van der Waals surface area contributed by atoms with E-state index in [2.05, 4.69) is 22.6 Å². The number of amides is 1. The summed E-state index contributed by atoms with van der Waals surface area (Å²) in [7, 11) is 0. The second-order valence-corrected chi connectivity index (χ2v) is 5.45. The third-order valence-corrected chi connectivity index (χ3v) is 3.64. The molecule has 1 aromatic carbocycles. The number of carbonyl (C=O) groups excluding carboxylic acids is 1. The smallest absolute Gasteiger partial charge is 0.326 e. The van der Waals surface area contributed by atoms with Crippen molar-refractivity contribution in [3.63, 3.8) is 0 Å². The highest BCUT2D eigenvalue weighted by molar-refractivity contribution is 14.1. The maximum atomic E-state index is 12.2. The first-order valence-corrected chi connectivity index (χ1v) is 6.54. The molecule has 2 rings (SSSR count). The van der Waals surface area contributed by atoms with Gasteiger partial charge >= 0.3 is 5.97 Å². The molecular formula is C12H12INO4. The van der Waals surface area contributed by atoms with Crippen molar-refractivity contribution in [1.82, 2.24) is 4.90 Å². The van der Waals surface area contributed by atoms with E-state index in [0.29, 0.717) is 5.56 Å². The van der Waals surface area contributed by atoms with Crippen molar-refractivity contribution in [3.05, 3.63) is 33.4 Å². The second-order valence-electron chi connectivity index (χ2n) is 4.21. The molecule has 0 aliphatic carbocycles. The van der Waals surface area contributed by atoms with Crippen molar-refractivity contribution in [3.8, 4) is 0 Å². The summed E-state index contributed by atoms with van der Waals surface area (Å²) in [5, 5.41) is 18.5. The SMILES string of the molecule is O=C(O)[C@H]1C[C@@H](O)CN1C(=O)c1ccc(I)cc1. The number of hydrogen-bond donors (Lipinski definition) is 2. The van der Waals surface area contributed by atoms with Gasteiger partial charge in [0, 0.05) is 22.1 Å². The zero-order valence-corrected chi connectivity index (χ0v) is 11.6. The van der Waals surface area contributed by atoms with Crippen molar-refractivity contribution < 1.29 is 19.8 Å². The minimum Gasteiger partial charge on any atom is -0.480 e. The van der Waals surface area contributed by atoms with Gasteiger partial charge in [-0.2, -0.15) is 0 Å². The number of carboxylic acids is 1. The molecule has 0 saturated carbocycles. The van der Waals surface area contributed by atoms with Crippen molar-refractivity contribution in [2.75, 3.05) is 6.54 Å². The Bertz CT molecular complexity index is 473. The molecule has 96 valence electrons. The van der Waals surface area contributed by atoms with Crippen LogP contribution in [0.25, 0.3) is 0 Å². The monoisotopic (exact) mass is 361 g/mol. The number of likely N-dealkylation sites (tertiary alicyclic amines) is 1. The minimum absolute atomic E-state index is 0.0712. The number of benzene rings is 1. The summed E-state index contributed by atoms with van der Waals surface area (Å²) in [6, 6.07) is 5.96. The number of hydrogen-bond acceptors (Lipinski definition) is 3. The quantitative estimate of drug-likeness (QED) is 0.769. The number of nitrogens with zero attached hydrogens (tertiary/aromatic N) is 1. The van der Waals surface area contributed by atoms with E-state index in [-0.39, 0.29) is 18.9 Å². The second kappa shape index (κ2) is 5.23. The maximum absolute atomic E-state index is 12.2. The summed E-state index contributed by atoms with van der Waals surface area (Å²) >= 11 is 2.13. The molecule has 6 heteroatoms. The van der Waals surface area contributed by atoms with Gasteiger partial charge in [-0.3, -0.25) is 4.79 Å². The van der Waals surface area contributed by atoms with Gasteiger partial charge in [-0.15, -0.1) is 0 Å². The molecule has 2 atom stereocenters. The average molecular weight is 361 g/mol. The topological polar surface area (TPSA) is 77.8 Å². The van der Waals surface area contributed by atoms with Gasteiger partial charge in [0.25, 0.3) is 5.91 Å². The summed E-state index contributed by atoms with van der Waals surface area (Å²) in [4.78, 5) is 24.4. The van der Waals surface area contributed by atoms with Crippen LogP contribution in [0.5, 0.6) is 0 Å².